The largest absolute Gasteiger partial charge is 0.330 e. The van der Waals surface area contributed by atoms with Gasteiger partial charge in [0.2, 0.25) is 0 Å². The summed E-state index contributed by atoms with van der Waals surface area (Å²) in [6.07, 6.45) is 0.710. The van der Waals surface area contributed by atoms with E-state index in [4.69, 9.17) is 5.73 Å². The number of nitro benzene ring substituents is 1. The SMILES string of the molecule is NCCc1cc(-c2cccc([N+](=O)[O-])c2)n[nH]1. The molecule has 3 N–H and O–H groups in total. The zero-order valence-electron chi connectivity index (χ0n) is 9.09. The fourth-order valence-electron chi connectivity index (χ4n) is 1.57. The number of H-pyrrole nitrogens is 1. The Labute approximate surface area is 97.6 Å². The lowest BCUT2D eigenvalue weighted by Crippen LogP contribution is -2.02. The van der Waals surface area contributed by atoms with Gasteiger partial charge in [-0.3, -0.25) is 15.2 Å². The molecule has 0 atom stereocenters. The number of hydrogen-bond acceptors (Lipinski definition) is 4. The van der Waals surface area contributed by atoms with Crippen LogP contribution in [0.15, 0.2) is 30.3 Å². The second kappa shape index (κ2) is 4.75. The Morgan fingerprint density at radius 3 is 2.94 bits per heavy atom. The molecule has 88 valence electrons. The van der Waals surface area contributed by atoms with Crippen molar-refractivity contribution in [1.29, 1.82) is 0 Å². The van der Waals surface area contributed by atoms with Crippen molar-refractivity contribution in [3.63, 3.8) is 0 Å². The van der Waals surface area contributed by atoms with E-state index in [1.165, 1.54) is 12.1 Å². The molecule has 0 saturated carbocycles. The Hall–Kier alpha value is -2.21. The van der Waals surface area contributed by atoms with Gasteiger partial charge in [0.1, 0.15) is 0 Å². The minimum absolute atomic E-state index is 0.0610. The molecule has 6 heteroatoms. The molecule has 0 aliphatic rings. The van der Waals surface area contributed by atoms with Crippen LogP contribution in [0.5, 0.6) is 0 Å². The molecule has 1 aromatic heterocycles. The Balaban J connectivity index is 2.32. The fraction of sp³-hybridized carbons (Fsp3) is 0.182. The summed E-state index contributed by atoms with van der Waals surface area (Å²) in [7, 11) is 0. The molecule has 2 rings (SSSR count). The molecular formula is C11H12N4O2. The van der Waals surface area contributed by atoms with E-state index in [0.29, 0.717) is 18.7 Å². The van der Waals surface area contributed by atoms with E-state index in [1.54, 1.807) is 12.1 Å². The number of nitrogens with zero attached hydrogens (tertiary/aromatic N) is 2. The first-order chi connectivity index (χ1) is 8.20. The second-order valence-electron chi connectivity index (χ2n) is 3.62. The van der Waals surface area contributed by atoms with Crippen LogP contribution in [-0.2, 0) is 6.42 Å². The molecule has 2 aromatic rings. The molecule has 0 fully saturated rings. The number of rotatable bonds is 4. The maximum atomic E-state index is 10.7. The third kappa shape index (κ3) is 2.48. The summed E-state index contributed by atoms with van der Waals surface area (Å²) in [6.45, 7) is 0.538. The van der Waals surface area contributed by atoms with E-state index >= 15 is 0 Å². The van der Waals surface area contributed by atoms with Crippen molar-refractivity contribution in [3.8, 4) is 11.3 Å². The number of aromatic amines is 1. The van der Waals surface area contributed by atoms with Crippen LogP contribution in [0.2, 0.25) is 0 Å². The molecule has 0 aliphatic heterocycles. The Morgan fingerprint density at radius 1 is 1.41 bits per heavy atom. The molecule has 0 unspecified atom stereocenters. The number of nitrogens with two attached hydrogens (primary N) is 1. The van der Waals surface area contributed by atoms with Gasteiger partial charge in [-0.2, -0.15) is 5.10 Å². The predicted molar refractivity (Wildman–Crippen MR) is 63.4 cm³/mol. The topological polar surface area (TPSA) is 97.8 Å². The number of nitro groups is 1. The van der Waals surface area contributed by atoms with Crippen molar-refractivity contribution in [3.05, 3.63) is 46.1 Å². The van der Waals surface area contributed by atoms with E-state index in [2.05, 4.69) is 10.2 Å². The third-order valence-corrected chi connectivity index (χ3v) is 2.40. The molecule has 0 amide bonds. The van der Waals surface area contributed by atoms with Crippen molar-refractivity contribution in [2.45, 2.75) is 6.42 Å². The highest BCUT2D eigenvalue weighted by molar-refractivity contribution is 5.62. The van der Waals surface area contributed by atoms with Gasteiger partial charge in [-0.05, 0) is 12.6 Å². The van der Waals surface area contributed by atoms with Crippen LogP contribution >= 0.6 is 0 Å². The Morgan fingerprint density at radius 2 is 2.24 bits per heavy atom. The number of aromatic nitrogens is 2. The number of benzene rings is 1. The number of hydrogen-bond donors (Lipinski definition) is 2. The van der Waals surface area contributed by atoms with E-state index in [-0.39, 0.29) is 5.69 Å². The zero-order chi connectivity index (χ0) is 12.3. The first kappa shape index (κ1) is 11.3. The monoisotopic (exact) mass is 232 g/mol. The van der Waals surface area contributed by atoms with E-state index in [9.17, 15) is 10.1 Å². The van der Waals surface area contributed by atoms with Gasteiger partial charge in [-0.25, -0.2) is 0 Å². The lowest BCUT2D eigenvalue weighted by Gasteiger charge is -1.95. The van der Waals surface area contributed by atoms with Crippen LogP contribution in [0, 0.1) is 10.1 Å². The minimum atomic E-state index is -0.420. The van der Waals surface area contributed by atoms with Gasteiger partial charge in [-0.1, -0.05) is 12.1 Å². The first-order valence-corrected chi connectivity index (χ1v) is 5.20. The van der Waals surface area contributed by atoms with Crippen molar-refractivity contribution < 1.29 is 4.92 Å². The van der Waals surface area contributed by atoms with E-state index < -0.39 is 4.92 Å². The average Bonchev–Trinajstić information content (AvgIpc) is 2.78. The summed E-state index contributed by atoms with van der Waals surface area (Å²) < 4.78 is 0. The van der Waals surface area contributed by atoms with Crippen molar-refractivity contribution in [2.24, 2.45) is 5.73 Å². The molecule has 0 bridgehead atoms. The van der Waals surface area contributed by atoms with Crippen LogP contribution in [0.3, 0.4) is 0 Å². The predicted octanol–water partition coefficient (Wildman–Crippen LogP) is 1.49. The summed E-state index contributed by atoms with van der Waals surface area (Å²) in [4.78, 5) is 10.2. The Kier molecular flexibility index (Phi) is 3.15. The van der Waals surface area contributed by atoms with E-state index in [0.717, 1.165) is 11.3 Å². The smallest absolute Gasteiger partial charge is 0.270 e. The van der Waals surface area contributed by atoms with Crippen LogP contribution in [-0.4, -0.2) is 21.7 Å². The molecule has 17 heavy (non-hydrogen) atoms. The number of non-ortho nitro benzene ring substituents is 1. The third-order valence-electron chi connectivity index (χ3n) is 2.40. The van der Waals surface area contributed by atoms with Crippen molar-refractivity contribution in [1.82, 2.24) is 10.2 Å². The molecule has 6 nitrogen and oxygen atoms in total. The van der Waals surface area contributed by atoms with Gasteiger partial charge in [-0.15, -0.1) is 0 Å². The standard InChI is InChI=1S/C11H12N4O2/c12-5-4-9-7-11(14-13-9)8-2-1-3-10(6-8)15(16)17/h1-3,6-7H,4-5,12H2,(H,13,14). The van der Waals surface area contributed by atoms with Gasteiger partial charge in [0.05, 0.1) is 10.6 Å². The molecule has 0 radical (unpaired) electrons. The lowest BCUT2D eigenvalue weighted by atomic mass is 10.1. The molecule has 0 aliphatic carbocycles. The average molecular weight is 232 g/mol. The maximum Gasteiger partial charge on any atom is 0.270 e. The number of nitrogens with one attached hydrogen (secondary N) is 1. The summed E-state index contributed by atoms with van der Waals surface area (Å²) in [6, 6.07) is 8.24. The van der Waals surface area contributed by atoms with Crippen LogP contribution in [0.25, 0.3) is 11.3 Å². The van der Waals surface area contributed by atoms with Gasteiger partial charge >= 0.3 is 0 Å². The first-order valence-electron chi connectivity index (χ1n) is 5.20. The molecule has 0 spiro atoms. The maximum absolute atomic E-state index is 10.7. The highest BCUT2D eigenvalue weighted by Gasteiger charge is 2.09. The van der Waals surface area contributed by atoms with Gasteiger partial charge in [0.25, 0.3) is 5.69 Å². The second-order valence-corrected chi connectivity index (χ2v) is 3.62. The minimum Gasteiger partial charge on any atom is -0.330 e. The quantitative estimate of drug-likeness (QED) is 0.616. The fourth-order valence-corrected chi connectivity index (χ4v) is 1.57. The van der Waals surface area contributed by atoms with Gasteiger partial charge in [0, 0.05) is 29.8 Å². The van der Waals surface area contributed by atoms with Crippen molar-refractivity contribution >= 4 is 5.69 Å². The van der Waals surface area contributed by atoms with E-state index in [1.807, 2.05) is 6.07 Å². The molecule has 1 heterocycles. The summed E-state index contributed by atoms with van der Waals surface area (Å²) in [5.41, 5.74) is 7.83. The highest BCUT2D eigenvalue weighted by Crippen LogP contribution is 2.22. The van der Waals surface area contributed by atoms with Gasteiger partial charge in [0.15, 0.2) is 0 Å². The molecule has 1 aromatic carbocycles. The summed E-state index contributed by atoms with van der Waals surface area (Å²) in [5, 5.41) is 17.6. The van der Waals surface area contributed by atoms with Crippen LogP contribution < -0.4 is 5.73 Å². The lowest BCUT2D eigenvalue weighted by molar-refractivity contribution is -0.384. The zero-order valence-corrected chi connectivity index (χ0v) is 9.09. The summed E-state index contributed by atoms with van der Waals surface area (Å²) in [5.74, 6) is 0. The van der Waals surface area contributed by atoms with Crippen LogP contribution in [0.4, 0.5) is 5.69 Å². The van der Waals surface area contributed by atoms with Gasteiger partial charge < -0.3 is 5.73 Å². The highest BCUT2D eigenvalue weighted by atomic mass is 16.6. The normalized spacial score (nSPS) is 10.4. The molecular weight excluding hydrogens is 220 g/mol. The Bertz CT molecular complexity index is 536. The molecule has 0 saturated heterocycles. The van der Waals surface area contributed by atoms with Crippen LogP contribution in [0.1, 0.15) is 5.69 Å². The summed E-state index contributed by atoms with van der Waals surface area (Å²) >= 11 is 0. The van der Waals surface area contributed by atoms with Crippen molar-refractivity contribution in [2.75, 3.05) is 6.54 Å².